The predicted molar refractivity (Wildman–Crippen MR) is 77.2 cm³/mol. The van der Waals surface area contributed by atoms with Gasteiger partial charge < -0.3 is 5.11 Å². The van der Waals surface area contributed by atoms with E-state index >= 15 is 0 Å². The molecule has 0 aromatic heterocycles. The van der Waals surface area contributed by atoms with Gasteiger partial charge in [-0.25, -0.2) is 0 Å². The van der Waals surface area contributed by atoms with Crippen LogP contribution < -0.4 is 0 Å². The number of aliphatic hydroxyl groups excluding tert-OH is 1. The van der Waals surface area contributed by atoms with Gasteiger partial charge in [0.05, 0.1) is 6.10 Å². The zero-order chi connectivity index (χ0) is 13.1. The van der Waals surface area contributed by atoms with Crippen molar-refractivity contribution in [3.63, 3.8) is 0 Å². The van der Waals surface area contributed by atoms with Crippen LogP contribution in [0.3, 0.4) is 0 Å². The Kier molecular flexibility index (Phi) is 11.0. The van der Waals surface area contributed by atoms with Crippen LogP contribution in [-0.4, -0.2) is 11.2 Å². The summed E-state index contributed by atoms with van der Waals surface area (Å²) in [5.41, 5.74) is 0. The van der Waals surface area contributed by atoms with Crippen molar-refractivity contribution in [2.45, 2.75) is 91.6 Å². The Labute approximate surface area is 109 Å². The van der Waals surface area contributed by atoms with E-state index < -0.39 is 0 Å². The van der Waals surface area contributed by atoms with E-state index in [0.717, 1.165) is 18.8 Å². The zero-order valence-corrected chi connectivity index (χ0v) is 12.5. The fourth-order valence-electron chi connectivity index (χ4n) is 2.65. The van der Waals surface area contributed by atoms with Crippen molar-refractivity contribution in [2.75, 3.05) is 0 Å². The van der Waals surface area contributed by atoms with Crippen molar-refractivity contribution in [2.24, 2.45) is 11.8 Å². The molecule has 0 bridgehead atoms. The van der Waals surface area contributed by atoms with Crippen molar-refractivity contribution in [3.8, 4) is 0 Å². The molecule has 0 aliphatic carbocycles. The van der Waals surface area contributed by atoms with Crippen LogP contribution in [-0.2, 0) is 0 Å². The second-order valence-corrected chi connectivity index (χ2v) is 5.53. The highest BCUT2D eigenvalue weighted by molar-refractivity contribution is 4.72. The van der Waals surface area contributed by atoms with Crippen LogP contribution in [0.1, 0.15) is 85.5 Å². The maximum atomic E-state index is 10.3. The van der Waals surface area contributed by atoms with Crippen LogP contribution in [0.15, 0.2) is 0 Å². The molecule has 0 aliphatic rings. The average molecular weight is 242 g/mol. The summed E-state index contributed by atoms with van der Waals surface area (Å²) in [6.45, 7) is 8.96. The normalized spacial score (nSPS) is 16.8. The summed E-state index contributed by atoms with van der Waals surface area (Å²) in [5.74, 6) is 1.27. The lowest BCUT2D eigenvalue weighted by Gasteiger charge is -2.25. The van der Waals surface area contributed by atoms with Crippen molar-refractivity contribution >= 4 is 0 Å². The third-order valence-electron chi connectivity index (χ3n) is 4.12. The molecule has 0 spiro atoms. The molecular weight excluding hydrogens is 208 g/mol. The molecule has 0 heterocycles. The van der Waals surface area contributed by atoms with Crippen LogP contribution >= 0.6 is 0 Å². The van der Waals surface area contributed by atoms with Gasteiger partial charge in [0.2, 0.25) is 0 Å². The van der Waals surface area contributed by atoms with Gasteiger partial charge in [-0.3, -0.25) is 0 Å². The molecule has 0 fully saturated rings. The standard InChI is InChI=1S/C16H34O/c1-5-9-11-14(7-3)13-16(17)15(8-4)12-10-6-2/h14-17H,5-13H2,1-4H3. The minimum Gasteiger partial charge on any atom is -0.393 e. The molecule has 3 atom stereocenters. The quantitative estimate of drug-likeness (QED) is 0.530. The van der Waals surface area contributed by atoms with E-state index in [1.54, 1.807) is 0 Å². The third-order valence-corrected chi connectivity index (χ3v) is 4.12. The van der Waals surface area contributed by atoms with E-state index in [1.165, 1.54) is 44.9 Å². The van der Waals surface area contributed by atoms with Crippen molar-refractivity contribution in [1.82, 2.24) is 0 Å². The molecule has 3 unspecified atom stereocenters. The van der Waals surface area contributed by atoms with Crippen LogP contribution in [0, 0.1) is 11.8 Å². The summed E-state index contributed by atoms with van der Waals surface area (Å²) in [6.07, 6.45) is 10.9. The van der Waals surface area contributed by atoms with Gasteiger partial charge >= 0.3 is 0 Å². The maximum absolute atomic E-state index is 10.3. The second kappa shape index (κ2) is 11.1. The smallest absolute Gasteiger partial charge is 0.0570 e. The Hall–Kier alpha value is -0.0400. The summed E-state index contributed by atoms with van der Waals surface area (Å²) in [6, 6.07) is 0. The lowest BCUT2D eigenvalue weighted by atomic mass is 9.85. The molecule has 104 valence electrons. The third kappa shape index (κ3) is 7.81. The topological polar surface area (TPSA) is 20.2 Å². The van der Waals surface area contributed by atoms with Crippen molar-refractivity contribution in [1.29, 1.82) is 0 Å². The lowest BCUT2D eigenvalue weighted by molar-refractivity contribution is 0.0711. The molecule has 1 heteroatoms. The van der Waals surface area contributed by atoms with Gasteiger partial charge in [0.1, 0.15) is 0 Å². The minimum atomic E-state index is -0.0617. The molecule has 1 N–H and O–H groups in total. The second-order valence-electron chi connectivity index (χ2n) is 5.53. The Morgan fingerprint density at radius 1 is 0.824 bits per heavy atom. The average Bonchev–Trinajstić information content (AvgIpc) is 2.35. The number of hydrogen-bond donors (Lipinski definition) is 1. The molecule has 0 aliphatic heterocycles. The number of rotatable bonds is 11. The van der Waals surface area contributed by atoms with Gasteiger partial charge in [-0.05, 0) is 24.7 Å². The largest absolute Gasteiger partial charge is 0.393 e. The van der Waals surface area contributed by atoms with E-state index in [9.17, 15) is 5.11 Å². The molecule has 0 saturated carbocycles. The highest BCUT2D eigenvalue weighted by atomic mass is 16.3. The summed E-state index contributed by atoms with van der Waals surface area (Å²) in [4.78, 5) is 0. The summed E-state index contributed by atoms with van der Waals surface area (Å²) >= 11 is 0. The monoisotopic (exact) mass is 242 g/mol. The van der Waals surface area contributed by atoms with Gasteiger partial charge in [-0.15, -0.1) is 0 Å². The van der Waals surface area contributed by atoms with Crippen LogP contribution in [0.4, 0.5) is 0 Å². The van der Waals surface area contributed by atoms with Gasteiger partial charge in [0.15, 0.2) is 0 Å². The van der Waals surface area contributed by atoms with Gasteiger partial charge in [-0.2, -0.15) is 0 Å². The number of aliphatic hydroxyl groups is 1. The highest BCUT2D eigenvalue weighted by Crippen LogP contribution is 2.25. The van der Waals surface area contributed by atoms with E-state index in [2.05, 4.69) is 27.7 Å². The summed E-state index contributed by atoms with van der Waals surface area (Å²) in [7, 11) is 0. The lowest BCUT2D eigenvalue weighted by Crippen LogP contribution is -2.23. The summed E-state index contributed by atoms with van der Waals surface area (Å²) in [5, 5.41) is 10.3. The first-order valence-corrected chi connectivity index (χ1v) is 7.87. The first-order valence-electron chi connectivity index (χ1n) is 7.87. The van der Waals surface area contributed by atoms with E-state index in [1.807, 2.05) is 0 Å². The molecule has 0 rings (SSSR count). The Balaban J connectivity index is 4.02. The molecular formula is C16H34O. The van der Waals surface area contributed by atoms with Gasteiger partial charge in [0.25, 0.3) is 0 Å². The molecule has 0 saturated heterocycles. The van der Waals surface area contributed by atoms with E-state index in [4.69, 9.17) is 0 Å². The molecule has 1 nitrogen and oxygen atoms in total. The maximum Gasteiger partial charge on any atom is 0.0570 e. The Morgan fingerprint density at radius 2 is 1.41 bits per heavy atom. The minimum absolute atomic E-state index is 0.0617. The SMILES string of the molecule is CCCCC(CC)CC(O)C(CC)CCCC. The first-order chi connectivity index (χ1) is 8.19. The number of unbranched alkanes of at least 4 members (excludes halogenated alkanes) is 2. The van der Waals surface area contributed by atoms with E-state index in [0.29, 0.717) is 5.92 Å². The Bertz CT molecular complexity index is 156. The summed E-state index contributed by atoms with van der Waals surface area (Å²) < 4.78 is 0. The van der Waals surface area contributed by atoms with Gasteiger partial charge in [0, 0.05) is 0 Å². The van der Waals surface area contributed by atoms with Crippen molar-refractivity contribution < 1.29 is 5.11 Å². The molecule has 0 aromatic carbocycles. The fourth-order valence-corrected chi connectivity index (χ4v) is 2.65. The fraction of sp³-hybridized carbons (Fsp3) is 1.00. The van der Waals surface area contributed by atoms with Crippen LogP contribution in [0.25, 0.3) is 0 Å². The highest BCUT2D eigenvalue weighted by Gasteiger charge is 2.20. The molecule has 17 heavy (non-hydrogen) atoms. The predicted octanol–water partition coefficient (Wildman–Crippen LogP) is 5.17. The van der Waals surface area contributed by atoms with E-state index in [-0.39, 0.29) is 6.10 Å². The van der Waals surface area contributed by atoms with Crippen LogP contribution in [0.5, 0.6) is 0 Å². The van der Waals surface area contributed by atoms with Gasteiger partial charge in [-0.1, -0.05) is 72.6 Å². The zero-order valence-electron chi connectivity index (χ0n) is 12.5. The molecule has 0 amide bonds. The number of hydrogen-bond acceptors (Lipinski definition) is 1. The van der Waals surface area contributed by atoms with Crippen LogP contribution in [0.2, 0.25) is 0 Å². The molecule has 0 radical (unpaired) electrons. The Morgan fingerprint density at radius 3 is 1.88 bits per heavy atom. The molecule has 0 aromatic rings. The first kappa shape index (κ1) is 17.0. The van der Waals surface area contributed by atoms with Crippen molar-refractivity contribution in [3.05, 3.63) is 0 Å².